The summed E-state index contributed by atoms with van der Waals surface area (Å²) < 4.78 is 0.963. The predicted molar refractivity (Wildman–Crippen MR) is 66.1 cm³/mol. The molecule has 4 heteroatoms. The third-order valence-electron chi connectivity index (χ3n) is 2.98. The van der Waals surface area contributed by atoms with Crippen LogP contribution in [0, 0.1) is 5.92 Å². The van der Waals surface area contributed by atoms with Crippen molar-refractivity contribution in [2.45, 2.75) is 25.4 Å². The highest BCUT2D eigenvalue weighted by Gasteiger charge is 2.30. The molecule has 1 atom stereocenters. The van der Waals surface area contributed by atoms with Gasteiger partial charge in [-0.25, -0.2) is 0 Å². The molecule has 0 saturated heterocycles. The molecule has 0 heterocycles. The van der Waals surface area contributed by atoms with Gasteiger partial charge >= 0.3 is 0 Å². The molecule has 1 amide bonds. The van der Waals surface area contributed by atoms with Gasteiger partial charge < -0.3 is 10.4 Å². The molecule has 1 aliphatic carbocycles. The molecule has 1 unspecified atom stereocenters. The highest BCUT2D eigenvalue weighted by Crippen LogP contribution is 2.30. The summed E-state index contributed by atoms with van der Waals surface area (Å²) in [6.45, 7) is 0. The van der Waals surface area contributed by atoms with Gasteiger partial charge in [-0.15, -0.1) is 0 Å². The van der Waals surface area contributed by atoms with Crippen LogP contribution in [0.25, 0.3) is 0 Å². The van der Waals surface area contributed by atoms with Gasteiger partial charge in [-0.05, 0) is 43.0 Å². The normalized spacial score (nSPS) is 17.6. The molecule has 1 aliphatic rings. The summed E-state index contributed by atoms with van der Waals surface area (Å²) in [5.74, 6) is -0.150. The fourth-order valence-electron chi connectivity index (χ4n) is 1.72. The lowest BCUT2D eigenvalue weighted by Crippen LogP contribution is -2.37. The fourth-order valence-corrected chi connectivity index (χ4v) is 1.98. The fraction of sp³-hybridized carbons (Fsp3) is 0.417. The number of carbonyl (C=O) groups is 1. The van der Waals surface area contributed by atoms with Crippen molar-refractivity contribution in [3.8, 4) is 0 Å². The molecule has 1 saturated carbocycles. The van der Waals surface area contributed by atoms with Crippen LogP contribution in [0.15, 0.2) is 28.7 Å². The van der Waals surface area contributed by atoms with Crippen LogP contribution in [0.2, 0.25) is 0 Å². The van der Waals surface area contributed by atoms with Crippen molar-refractivity contribution < 1.29 is 9.90 Å². The predicted octanol–water partition coefficient (Wildman–Crippen LogP) is 2.55. The Kier molecular flexibility index (Phi) is 3.61. The van der Waals surface area contributed by atoms with E-state index in [1.54, 1.807) is 12.1 Å². The third kappa shape index (κ3) is 2.62. The molecule has 0 spiro atoms. The van der Waals surface area contributed by atoms with Crippen molar-refractivity contribution in [3.05, 3.63) is 28.7 Å². The van der Waals surface area contributed by atoms with E-state index in [1.807, 2.05) is 12.1 Å². The van der Waals surface area contributed by atoms with E-state index in [0.717, 1.165) is 23.7 Å². The Morgan fingerprint density at radius 3 is 2.50 bits per heavy atom. The Labute approximate surface area is 103 Å². The Morgan fingerprint density at radius 2 is 2.00 bits per heavy atom. The molecule has 86 valence electrons. The van der Waals surface area contributed by atoms with Crippen molar-refractivity contribution in [2.24, 2.45) is 5.92 Å². The lowest BCUT2D eigenvalue weighted by atomic mass is 9.81. The number of nitrogens with one attached hydrogen (secondary N) is 1. The second kappa shape index (κ2) is 4.97. The maximum atomic E-state index is 11.7. The van der Waals surface area contributed by atoms with Crippen LogP contribution in [0.1, 0.15) is 19.3 Å². The van der Waals surface area contributed by atoms with Crippen molar-refractivity contribution in [1.29, 1.82) is 0 Å². The first kappa shape index (κ1) is 11.6. The van der Waals surface area contributed by atoms with Crippen LogP contribution < -0.4 is 5.32 Å². The van der Waals surface area contributed by atoms with Gasteiger partial charge in [0.2, 0.25) is 0 Å². The molecule has 16 heavy (non-hydrogen) atoms. The molecule has 1 fully saturated rings. The van der Waals surface area contributed by atoms with Crippen LogP contribution in [-0.4, -0.2) is 17.1 Å². The number of hydrogen-bond acceptors (Lipinski definition) is 2. The summed E-state index contributed by atoms with van der Waals surface area (Å²) in [6.07, 6.45) is 2.16. The standard InChI is InChI=1S/C12H14BrNO2/c13-9-4-6-10(7-5-9)14-12(16)11(15)8-2-1-3-8/h4-8,11,15H,1-3H2,(H,14,16). The first-order valence-corrected chi connectivity index (χ1v) is 6.20. The molecule has 1 aromatic rings. The molecule has 0 radical (unpaired) electrons. The van der Waals surface area contributed by atoms with Gasteiger partial charge in [0, 0.05) is 10.2 Å². The molecular weight excluding hydrogens is 270 g/mol. The summed E-state index contributed by atoms with van der Waals surface area (Å²) in [7, 11) is 0. The van der Waals surface area contributed by atoms with E-state index in [-0.39, 0.29) is 11.8 Å². The van der Waals surface area contributed by atoms with E-state index in [9.17, 15) is 9.90 Å². The first-order valence-electron chi connectivity index (χ1n) is 5.41. The monoisotopic (exact) mass is 283 g/mol. The van der Waals surface area contributed by atoms with Gasteiger partial charge in [0.05, 0.1) is 0 Å². The number of halogens is 1. The molecule has 2 rings (SSSR count). The van der Waals surface area contributed by atoms with E-state index < -0.39 is 6.10 Å². The maximum Gasteiger partial charge on any atom is 0.253 e. The Bertz CT molecular complexity index is 373. The number of aliphatic hydroxyl groups excluding tert-OH is 1. The second-order valence-corrected chi connectivity index (χ2v) is 5.05. The van der Waals surface area contributed by atoms with Gasteiger partial charge in [0.1, 0.15) is 6.10 Å². The van der Waals surface area contributed by atoms with Crippen molar-refractivity contribution >= 4 is 27.5 Å². The topological polar surface area (TPSA) is 49.3 Å². The highest BCUT2D eigenvalue weighted by atomic mass is 79.9. The largest absolute Gasteiger partial charge is 0.383 e. The van der Waals surface area contributed by atoms with E-state index in [1.165, 1.54) is 0 Å². The number of rotatable bonds is 3. The average Bonchev–Trinajstić information content (AvgIpc) is 2.19. The van der Waals surface area contributed by atoms with Gasteiger partial charge in [-0.3, -0.25) is 4.79 Å². The van der Waals surface area contributed by atoms with Crippen molar-refractivity contribution in [3.63, 3.8) is 0 Å². The third-order valence-corrected chi connectivity index (χ3v) is 3.51. The summed E-state index contributed by atoms with van der Waals surface area (Å²) in [5.41, 5.74) is 0.714. The number of amides is 1. The van der Waals surface area contributed by atoms with Crippen LogP contribution in [0.4, 0.5) is 5.69 Å². The molecule has 1 aromatic carbocycles. The van der Waals surface area contributed by atoms with Crippen LogP contribution in [0.5, 0.6) is 0 Å². The summed E-state index contributed by atoms with van der Waals surface area (Å²) in [6, 6.07) is 7.31. The van der Waals surface area contributed by atoms with Gasteiger partial charge in [-0.2, -0.15) is 0 Å². The minimum Gasteiger partial charge on any atom is -0.383 e. The Balaban J connectivity index is 1.93. The number of anilines is 1. The van der Waals surface area contributed by atoms with Crippen molar-refractivity contribution in [2.75, 3.05) is 5.32 Å². The molecule has 0 aromatic heterocycles. The zero-order valence-electron chi connectivity index (χ0n) is 8.82. The summed E-state index contributed by atoms with van der Waals surface area (Å²) >= 11 is 3.32. The first-order chi connectivity index (χ1) is 7.66. The smallest absolute Gasteiger partial charge is 0.253 e. The summed E-state index contributed by atoms with van der Waals surface area (Å²) in [5, 5.41) is 12.4. The van der Waals surface area contributed by atoms with Crippen LogP contribution >= 0.6 is 15.9 Å². The quantitative estimate of drug-likeness (QED) is 0.896. The molecule has 0 bridgehead atoms. The Hall–Kier alpha value is -0.870. The number of benzene rings is 1. The number of carbonyl (C=O) groups excluding carboxylic acids is 1. The average molecular weight is 284 g/mol. The summed E-state index contributed by atoms with van der Waals surface area (Å²) in [4.78, 5) is 11.7. The zero-order chi connectivity index (χ0) is 11.5. The van der Waals surface area contributed by atoms with E-state index in [2.05, 4.69) is 21.2 Å². The highest BCUT2D eigenvalue weighted by molar-refractivity contribution is 9.10. The molecule has 3 nitrogen and oxygen atoms in total. The van der Waals surface area contributed by atoms with E-state index >= 15 is 0 Å². The van der Waals surface area contributed by atoms with Gasteiger partial charge in [-0.1, -0.05) is 22.4 Å². The molecular formula is C12H14BrNO2. The van der Waals surface area contributed by atoms with E-state index in [0.29, 0.717) is 5.69 Å². The second-order valence-electron chi connectivity index (χ2n) is 4.13. The minimum atomic E-state index is -0.864. The van der Waals surface area contributed by atoms with Crippen LogP contribution in [-0.2, 0) is 4.79 Å². The molecule has 0 aliphatic heterocycles. The minimum absolute atomic E-state index is 0.149. The van der Waals surface area contributed by atoms with Crippen LogP contribution in [0.3, 0.4) is 0 Å². The lowest BCUT2D eigenvalue weighted by Gasteiger charge is -2.29. The van der Waals surface area contributed by atoms with Crippen molar-refractivity contribution in [1.82, 2.24) is 0 Å². The Morgan fingerprint density at radius 1 is 1.38 bits per heavy atom. The van der Waals surface area contributed by atoms with Gasteiger partial charge in [0.25, 0.3) is 5.91 Å². The number of aliphatic hydroxyl groups is 1. The number of hydrogen-bond donors (Lipinski definition) is 2. The zero-order valence-corrected chi connectivity index (χ0v) is 10.4. The maximum absolute atomic E-state index is 11.7. The molecule has 2 N–H and O–H groups in total. The lowest BCUT2D eigenvalue weighted by molar-refractivity contribution is -0.128. The van der Waals surface area contributed by atoms with Gasteiger partial charge in [0.15, 0.2) is 0 Å². The van der Waals surface area contributed by atoms with E-state index in [4.69, 9.17) is 0 Å². The SMILES string of the molecule is O=C(Nc1ccc(Br)cc1)C(O)C1CCC1.